The molecule has 23 heavy (non-hydrogen) atoms. The zero-order valence-electron chi connectivity index (χ0n) is 13.5. The molecule has 0 amide bonds. The van der Waals surface area contributed by atoms with Crippen molar-refractivity contribution in [2.24, 2.45) is 0 Å². The summed E-state index contributed by atoms with van der Waals surface area (Å²) in [7, 11) is 0. The van der Waals surface area contributed by atoms with E-state index < -0.39 is 11.9 Å². The van der Waals surface area contributed by atoms with Gasteiger partial charge in [-0.15, -0.1) is 23.2 Å². The number of hydrogen-bond donors (Lipinski definition) is 0. The van der Waals surface area contributed by atoms with Crippen molar-refractivity contribution in [2.75, 3.05) is 11.8 Å². The standard InChI is InChI=1S/2C8H13ClO2.Ca/c2*9-7-5-3-1-2-4-6-8(10)11;/h2*2,4H,1,3,5-7H2,(H,10,11);/q;;+2/p-2/b2*4-2+;. The van der Waals surface area contributed by atoms with Crippen molar-refractivity contribution in [1.29, 1.82) is 0 Å². The predicted molar refractivity (Wildman–Crippen MR) is 92.4 cm³/mol. The Hall–Kier alpha value is 0.260. The Morgan fingerprint density at radius 2 is 1.04 bits per heavy atom. The van der Waals surface area contributed by atoms with Crippen molar-refractivity contribution in [3.05, 3.63) is 24.3 Å². The van der Waals surface area contributed by atoms with Crippen LogP contribution in [0.25, 0.3) is 0 Å². The third-order valence-electron chi connectivity index (χ3n) is 2.41. The molecular weight excluding hydrogens is 367 g/mol. The van der Waals surface area contributed by atoms with Crippen molar-refractivity contribution >= 4 is 72.9 Å². The van der Waals surface area contributed by atoms with Gasteiger partial charge in [-0.05, 0) is 38.5 Å². The number of hydrogen-bond acceptors (Lipinski definition) is 4. The number of aliphatic carboxylic acids is 2. The summed E-state index contributed by atoms with van der Waals surface area (Å²) in [4.78, 5) is 19.8. The van der Waals surface area contributed by atoms with Gasteiger partial charge in [0, 0.05) is 36.5 Å². The summed E-state index contributed by atoms with van der Waals surface area (Å²) >= 11 is 10.9. The second kappa shape index (κ2) is 24.5. The summed E-state index contributed by atoms with van der Waals surface area (Å²) in [6.07, 6.45) is 12.8. The molecule has 0 heterocycles. The van der Waals surface area contributed by atoms with Crippen molar-refractivity contribution < 1.29 is 19.8 Å². The van der Waals surface area contributed by atoms with Crippen molar-refractivity contribution in [1.82, 2.24) is 0 Å². The fourth-order valence-electron chi connectivity index (χ4n) is 1.31. The molecule has 0 spiro atoms. The van der Waals surface area contributed by atoms with Gasteiger partial charge in [-0.2, -0.15) is 0 Å². The topological polar surface area (TPSA) is 80.3 Å². The van der Waals surface area contributed by atoms with E-state index in [0.29, 0.717) is 11.8 Å². The van der Waals surface area contributed by atoms with Gasteiger partial charge in [0.15, 0.2) is 0 Å². The van der Waals surface area contributed by atoms with Crippen LogP contribution < -0.4 is 10.2 Å². The van der Waals surface area contributed by atoms with Crippen LogP contribution in [-0.2, 0) is 9.59 Å². The summed E-state index contributed by atoms with van der Waals surface area (Å²) in [5.74, 6) is -0.708. The fourth-order valence-corrected chi connectivity index (χ4v) is 1.69. The van der Waals surface area contributed by atoms with Gasteiger partial charge in [0.1, 0.15) is 0 Å². The van der Waals surface area contributed by atoms with Gasteiger partial charge in [-0.1, -0.05) is 24.3 Å². The Bertz CT molecular complexity index is 302. The van der Waals surface area contributed by atoms with Crippen molar-refractivity contribution in [3.63, 3.8) is 0 Å². The largest absolute Gasteiger partial charge is 2.00 e. The number of unbranched alkanes of at least 4 members (excludes halogenated alkanes) is 4. The Morgan fingerprint density at radius 1 is 0.696 bits per heavy atom. The van der Waals surface area contributed by atoms with Gasteiger partial charge in [-0.3, -0.25) is 0 Å². The van der Waals surface area contributed by atoms with Gasteiger partial charge in [0.2, 0.25) is 0 Å². The number of alkyl halides is 2. The molecule has 0 atom stereocenters. The molecule has 0 radical (unpaired) electrons. The number of carbonyl (C=O) groups is 2. The number of carboxylic acids is 2. The Balaban J connectivity index is -0.000000333. The van der Waals surface area contributed by atoms with Gasteiger partial charge >= 0.3 is 37.7 Å². The van der Waals surface area contributed by atoms with E-state index in [4.69, 9.17) is 23.2 Å². The average Bonchev–Trinajstić information content (AvgIpc) is 2.46. The van der Waals surface area contributed by atoms with E-state index in [1.54, 1.807) is 12.2 Å². The first-order valence-corrected chi connectivity index (χ1v) is 8.43. The number of allylic oxidation sites excluding steroid dienone is 2. The Morgan fingerprint density at radius 3 is 1.30 bits per heavy atom. The van der Waals surface area contributed by atoms with E-state index in [-0.39, 0.29) is 50.6 Å². The molecule has 0 aliphatic carbocycles. The molecule has 0 rings (SSSR count). The Labute approximate surface area is 178 Å². The number of carboxylic acid groups (broad SMARTS) is 2. The van der Waals surface area contributed by atoms with Crippen LogP contribution in [0.2, 0.25) is 0 Å². The van der Waals surface area contributed by atoms with Crippen LogP contribution in [-0.4, -0.2) is 61.4 Å². The van der Waals surface area contributed by atoms with E-state index >= 15 is 0 Å². The first kappa shape index (κ1) is 28.1. The third-order valence-corrected chi connectivity index (χ3v) is 2.95. The van der Waals surface area contributed by atoms with Crippen LogP contribution in [0.15, 0.2) is 24.3 Å². The molecule has 0 aromatic carbocycles. The first-order valence-electron chi connectivity index (χ1n) is 7.36. The molecule has 0 fully saturated rings. The molecule has 4 nitrogen and oxygen atoms in total. The quantitative estimate of drug-likeness (QED) is 0.220. The van der Waals surface area contributed by atoms with Crippen LogP contribution in [0.1, 0.15) is 51.4 Å². The zero-order valence-corrected chi connectivity index (χ0v) is 17.2. The van der Waals surface area contributed by atoms with Crippen LogP contribution >= 0.6 is 23.2 Å². The molecule has 0 unspecified atom stereocenters. The molecule has 0 aromatic heterocycles. The summed E-state index contributed by atoms with van der Waals surface area (Å²) in [6.45, 7) is 0. The van der Waals surface area contributed by atoms with Crippen molar-refractivity contribution in [2.45, 2.75) is 51.4 Å². The minimum Gasteiger partial charge on any atom is -0.550 e. The normalized spacial score (nSPS) is 10.2. The summed E-state index contributed by atoms with van der Waals surface area (Å²) < 4.78 is 0. The van der Waals surface area contributed by atoms with E-state index in [2.05, 4.69) is 0 Å². The monoisotopic (exact) mass is 390 g/mol. The molecule has 0 N–H and O–H groups in total. The van der Waals surface area contributed by atoms with E-state index in [1.807, 2.05) is 12.2 Å². The minimum atomic E-state index is -1.03. The van der Waals surface area contributed by atoms with E-state index in [1.165, 1.54) is 0 Å². The average molecular weight is 391 g/mol. The van der Waals surface area contributed by atoms with Gasteiger partial charge in [-0.25, -0.2) is 0 Å². The maximum atomic E-state index is 9.90. The molecule has 7 heteroatoms. The SMILES string of the molecule is O=C([O-])C/C=C/CCCCCl.O=C([O-])C/C=C/CCCCCl.[Ca+2]. The molecule has 128 valence electrons. The minimum absolute atomic E-state index is 0. The second-order valence-electron chi connectivity index (χ2n) is 4.46. The number of rotatable bonds is 12. The molecule has 0 aromatic rings. The third kappa shape index (κ3) is 34.6. The Kier molecular flexibility index (Phi) is 29.9. The smallest absolute Gasteiger partial charge is 0.550 e. The molecule has 0 saturated carbocycles. The first-order chi connectivity index (χ1) is 10.5. The molecule has 0 aliphatic rings. The molecule has 0 saturated heterocycles. The van der Waals surface area contributed by atoms with Crippen LogP contribution in [0, 0.1) is 0 Å². The molecule has 0 bridgehead atoms. The fraction of sp³-hybridized carbons (Fsp3) is 0.625. The van der Waals surface area contributed by atoms with Crippen LogP contribution in [0.3, 0.4) is 0 Å². The zero-order chi connectivity index (χ0) is 17.1. The van der Waals surface area contributed by atoms with E-state index in [9.17, 15) is 19.8 Å². The molecule has 0 aliphatic heterocycles. The van der Waals surface area contributed by atoms with Crippen LogP contribution in [0.5, 0.6) is 0 Å². The number of halogens is 2. The van der Waals surface area contributed by atoms with E-state index in [0.717, 1.165) is 38.5 Å². The second-order valence-corrected chi connectivity index (χ2v) is 5.22. The van der Waals surface area contributed by atoms with Gasteiger partial charge in [0.25, 0.3) is 0 Å². The summed E-state index contributed by atoms with van der Waals surface area (Å²) in [5.41, 5.74) is 0. The summed E-state index contributed by atoms with van der Waals surface area (Å²) in [6, 6.07) is 0. The summed E-state index contributed by atoms with van der Waals surface area (Å²) in [5, 5.41) is 19.8. The number of carbonyl (C=O) groups excluding carboxylic acids is 2. The predicted octanol–water partition coefficient (Wildman–Crippen LogP) is 1.80. The van der Waals surface area contributed by atoms with Gasteiger partial charge in [0.05, 0.1) is 0 Å². The van der Waals surface area contributed by atoms with Gasteiger partial charge < -0.3 is 19.8 Å². The maximum Gasteiger partial charge on any atom is 2.00 e. The van der Waals surface area contributed by atoms with Crippen molar-refractivity contribution in [3.8, 4) is 0 Å². The van der Waals surface area contributed by atoms with Crippen LogP contribution in [0.4, 0.5) is 0 Å². The molecular formula is C16H24CaCl2O4. The maximum absolute atomic E-state index is 9.90.